The van der Waals surface area contributed by atoms with Crippen LogP contribution >= 0.6 is 0 Å². The van der Waals surface area contributed by atoms with E-state index in [0.717, 1.165) is 5.65 Å². The molecule has 66 valence electrons. The summed E-state index contributed by atoms with van der Waals surface area (Å²) in [5.74, 6) is -0.0644. The molecule has 2 aromatic rings. The van der Waals surface area contributed by atoms with Crippen molar-refractivity contribution in [3.8, 4) is 0 Å². The van der Waals surface area contributed by atoms with E-state index in [-0.39, 0.29) is 12.3 Å². The maximum atomic E-state index is 11.2. The Morgan fingerprint density at radius 3 is 3.15 bits per heavy atom. The van der Waals surface area contributed by atoms with Gasteiger partial charge in [0.25, 0.3) is 0 Å². The van der Waals surface area contributed by atoms with Gasteiger partial charge in [-0.15, -0.1) is 0 Å². The van der Waals surface area contributed by atoms with Gasteiger partial charge in [-0.1, -0.05) is 0 Å². The smallest absolute Gasteiger partial charge is 0.176 e. The lowest BCUT2D eigenvalue weighted by atomic mass is 10.2. The summed E-state index contributed by atoms with van der Waals surface area (Å²) in [5.41, 5.74) is 6.62. The van der Waals surface area contributed by atoms with Gasteiger partial charge in [-0.2, -0.15) is 0 Å². The number of nitrogens with zero attached hydrogens (tertiary/aromatic N) is 2. The van der Waals surface area contributed by atoms with Crippen molar-refractivity contribution in [3.05, 3.63) is 36.3 Å². The summed E-state index contributed by atoms with van der Waals surface area (Å²) in [6.07, 6.45) is 5.31. The highest BCUT2D eigenvalue weighted by Gasteiger charge is 2.03. The first-order chi connectivity index (χ1) is 6.31. The van der Waals surface area contributed by atoms with E-state index in [1.807, 2.05) is 10.6 Å². The molecule has 0 atom stereocenters. The first-order valence-electron chi connectivity index (χ1n) is 3.97. The van der Waals surface area contributed by atoms with Crippen molar-refractivity contribution < 1.29 is 4.79 Å². The Labute approximate surface area is 75.0 Å². The van der Waals surface area contributed by atoms with Crippen LogP contribution in [0.5, 0.6) is 0 Å². The van der Waals surface area contributed by atoms with E-state index in [9.17, 15) is 4.79 Å². The first kappa shape index (κ1) is 7.94. The number of hydrogen-bond donors (Lipinski definition) is 1. The number of rotatable bonds is 2. The van der Waals surface area contributed by atoms with Crippen molar-refractivity contribution in [2.24, 2.45) is 5.73 Å². The Morgan fingerprint density at radius 1 is 1.54 bits per heavy atom. The van der Waals surface area contributed by atoms with Gasteiger partial charge in [0, 0.05) is 24.2 Å². The third-order valence-electron chi connectivity index (χ3n) is 1.91. The van der Waals surface area contributed by atoms with Crippen molar-refractivity contribution in [2.75, 3.05) is 6.54 Å². The minimum atomic E-state index is -0.0644. The largest absolute Gasteiger partial charge is 0.324 e. The lowest BCUT2D eigenvalue weighted by Crippen LogP contribution is -2.13. The summed E-state index contributed by atoms with van der Waals surface area (Å²) in [4.78, 5) is 15.3. The highest BCUT2D eigenvalue weighted by atomic mass is 16.1. The van der Waals surface area contributed by atoms with E-state index in [0.29, 0.717) is 5.56 Å². The van der Waals surface area contributed by atoms with Gasteiger partial charge >= 0.3 is 0 Å². The highest BCUT2D eigenvalue weighted by molar-refractivity contribution is 5.98. The van der Waals surface area contributed by atoms with Crippen molar-refractivity contribution in [1.82, 2.24) is 9.38 Å². The van der Waals surface area contributed by atoms with Gasteiger partial charge in [-0.05, 0) is 12.1 Å². The molecule has 0 amide bonds. The molecule has 0 aliphatic heterocycles. The Hall–Kier alpha value is -1.68. The topological polar surface area (TPSA) is 60.4 Å². The van der Waals surface area contributed by atoms with Crippen LogP contribution in [0, 0.1) is 0 Å². The van der Waals surface area contributed by atoms with Crippen LogP contribution in [-0.4, -0.2) is 21.7 Å². The normalized spacial score (nSPS) is 10.5. The zero-order valence-electron chi connectivity index (χ0n) is 6.97. The van der Waals surface area contributed by atoms with Crippen LogP contribution in [0.2, 0.25) is 0 Å². The van der Waals surface area contributed by atoms with E-state index in [2.05, 4.69) is 4.98 Å². The average Bonchev–Trinajstić information content (AvgIpc) is 2.63. The highest BCUT2D eigenvalue weighted by Crippen LogP contribution is 2.05. The molecular weight excluding hydrogens is 166 g/mol. The van der Waals surface area contributed by atoms with Gasteiger partial charge in [0.15, 0.2) is 5.78 Å². The molecule has 0 aliphatic rings. The predicted molar refractivity (Wildman–Crippen MR) is 48.6 cm³/mol. The number of carbonyl (C=O) groups is 1. The molecule has 0 bridgehead atoms. The van der Waals surface area contributed by atoms with Crippen LogP contribution in [0.15, 0.2) is 30.7 Å². The minimum absolute atomic E-state index is 0.0386. The summed E-state index contributed by atoms with van der Waals surface area (Å²) in [5, 5.41) is 0. The minimum Gasteiger partial charge on any atom is -0.324 e. The number of pyridine rings is 1. The fourth-order valence-electron chi connectivity index (χ4n) is 1.20. The second kappa shape index (κ2) is 2.99. The van der Waals surface area contributed by atoms with Gasteiger partial charge in [-0.25, -0.2) is 4.98 Å². The molecule has 2 aromatic heterocycles. The molecule has 2 heterocycles. The molecule has 2 N–H and O–H groups in total. The van der Waals surface area contributed by atoms with E-state index in [1.54, 1.807) is 24.5 Å². The Morgan fingerprint density at radius 2 is 2.38 bits per heavy atom. The van der Waals surface area contributed by atoms with Gasteiger partial charge in [0.1, 0.15) is 5.65 Å². The molecule has 0 unspecified atom stereocenters. The average molecular weight is 175 g/mol. The summed E-state index contributed by atoms with van der Waals surface area (Å²) in [7, 11) is 0. The van der Waals surface area contributed by atoms with Gasteiger partial charge in [0.2, 0.25) is 0 Å². The van der Waals surface area contributed by atoms with Crippen LogP contribution in [-0.2, 0) is 0 Å². The molecule has 13 heavy (non-hydrogen) atoms. The third kappa shape index (κ3) is 1.31. The zero-order valence-corrected chi connectivity index (χ0v) is 6.97. The van der Waals surface area contributed by atoms with Crippen molar-refractivity contribution in [2.45, 2.75) is 0 Å². The molecule has 0 saturated heterocycles. The molecule has 0 aliphatic carbocycles. The number of carbonyl (C=O) groups excluding carboxylic acids is 1. The molecular formula is C9H9N3O. The fraction of sp³-hybridized carbons (Fsp3) is 0.111. The maximum Gasteiger partial charge on any atom is 0.176 e. The maximum absolute atomic E-state index is 11.2. The second-order valence-electron chi connectivity index (χ2n) is 2.74. The molecule has 0 saturated carbocycles. The van der Waals surface area contributed by atoms with E-state index < -0.39 is 0 Å². The number of ketones is 1. The van der Waals surface area contributed by atoms with E-state index in [1.165, 1.54) is 0 Å². The number of imidazole rings is 1. The molecule has 0 radical (unpaired) electrons. The standard InChI is InChI=1S/C9H9N3O/c10-6-8(13)7-1-3-12-4-2-11-9(12)5-7/h1-5H,6,10H2. The molecule has 0 aromatic carbocycles. The first-order valence-corrected chi connectivity index (χ1v) is 3.97. The van der Waals surface area contributed by atoms with E-state index in [4.69, 9.17) is 5.73 Å². The summed E-state index contributed by atoms with van der Waals surface area (Å²) in [6.45, 7) is 0.0386. The summed E-state index contributed by atoms with van der Waals surface area (Å²) < 4.78 is 1.84. The monoisotopic (exact) mass is 175 g/mol. The van der Waals surface area contributed by atoms with Crippen LogP contribution in [0.1, 0.15) is 10.4 Å². The Bertz CT molecular complexity index is 447. The van der Waals surface area contributed by atoms with Crippen molar-refractivity contribution in [3.63, 3.8) is 0 Å². The number of nitrogens with two attached hydrogens (primary N) is 1. The summed E-state index contributed by atoms with van der Waals surface area (Å²) in [6, 6.07) is 3.47. The van der Waals surface area contributed by atoms with Gasteiger partial charge < -0.3 is 10.1 Å². The molecule has 0 spiro atoms. The lowest BCUT2D eigenvalue weighted by molar-refractivity contribution is 0.100. The Kier molecular flexibility index (Phi) is 1.83. The number of Topliss-reactive ketones (excluding diaryl/α,β-unsaturated/α-hetero) is 1. The zero-order chi connectivity index (χ0) is 9.26. The molecule has 2 rings (SSSR count). The van der Waals surface area contributed by atoms with Gasteiger partial charge in [0.05, 0.1) is 6.54 Å². The summed E-state index contributed by atoms with van der Waals surface area (Å²) >= 11 is 0. The molecule has 0 fully saturated rings. The predicted octanol–water partition coefficient (Wildman–Crippen LogP) is 0.476. The second-order valence-corrected chi connectivity index (χ2v) is 2.74. The van der Waals surface area contributed by atoms with Crippen LogP contribution in [0.4, 0.5) is 0 Å². The number of fused-ring (bicyclic) bond motifs is 1. The van der Waals surface area contributed by atoms with Crippen LogP contribution in [0.3, 0.4) is 0 Å². The Balaban J connectivity index is 2.54. The van der Waals surface area contributed by atoms with Crippen molar-refractivity contribution in [1.29, 1.82) is 0 Å². The quantitative estimate of drug-likeness (QED) is 0.675. The number of aromatic nitrogens is 2. The van der Waals surface area contributed by atoms with Crippen molar-refractivity contribution >= 4 is 11.4 Å². The lowest BCUT2D eigenvalue weighted by Gasteiger charge is -1.98. The SMILES string of the molecule is NCC(=O)c1ccn2ccnc2c1. The number of hydrogen-bond acceptors (Lipinski definition) is 3. The van der Waals surface area contributed by atoms with Crippen LogP contribution < -0.4 is 5.73 Å². The molecule has 4 heteroatoms. The molecule has 4 nitrogen and oxygen atoms in total. The van der Waals surface area contributed by atoms with Gasteiger partial charge in [-0.3, -0.25) is 4.79 Å². The van der Waals surface area contributed by atoms with E-state index >= 15 is 0 Å². The fourth-order valence-corrected chi connectivity index (χ4v) is 1.20. The third-order valence-corrected chi connectivity index (χ3v) is 1.91. The van der Waals surface area contributed by atoms with Crippen LogP contribution in [0.25, 0.3) is 5.65 Å².